The average molecular weight is 416 g/mol. The van der Waals surface area contributed by atoms with E-state index >= 15 is 0 Å². The number of Topliss-reactive ketones (excluding diaryl/α,β-unsaturated/α-hetero) is 1. The Hall–Kier alpha value is -3.19. The molecule has 29 heavy (non-hydrogen) atoms. The number of anilines is 1. The van der Waals surface area contributed by atoms with E-state index in [9.17, 15) is 18.0 Å². The molecular weight excluding hydrogens is 396 g/mol. The van der Waals surface area contributed by atoms with Crippen molar-refractivity contribution in [3.63, 3.8) is 0 Å². The van der Waals surface area contributed by atoms with Gasteiger partial charge in [-0.15, -0.1) is 4.40 Å². The van der Waals surface area contributed by atoms with Gasteiger partial charge < -0.3 is 15.4 Å². The zero-order valence-corrected chi connectivity index (χ0v) is 16.7. The highest BCUT2D eigenvalue weighted by molar-refractivity contribution is 7.90. The number of hydrogen-bond donors (Lipinski definition) is 1. The van der Waals surface area contributed by atoms with Gasteiger partial charge in [-0.25, -0.2) is 4.79 Å². The molecule has 0 aliphatic carbocycles. The summed E-state index contributed by atoms with van der Waals surface area (Å²) in [5.74, 6) is -1.09. The van der Waals surface area contributed by atoms with Crippen LogP contribution in [0.3, 0.4) is 0 Å². The summed E-state index contributed by atoms with van der Waals surface area (Å²) in [5.41, 5.74) is 5.65. The number of esters is 1. The molecule has 2 aliphatic heterocycles. The van der Waals surface area contributed by atoms with Gasteiger partial charge >= 0.3 is 5.97 Å². The zero-order valence-electron chi connectivity index (χ0n) is 15.8. The van der Waals surface area contributed by atoms with Crippen molar-refractivity contribution in [1.29, 1.82) is 5.26 Å². The molecule has 1 aromatic rings. The number of fused-ring (bicyclic) bond motifs is 3. The first-order valence-electron chi connectivity index (χ1n) is 9.07. The molecule has 0 spiro atoms. The van der Waals surface area contributed by atoms with Crippen molar-refractivity contribution in [3.8, 4) is 6.07 Å². The summed E-state index contributed by atoms with van der Waals surface area (Å²) < 4.78 is 34.1. The minimum absolute atomic E-state index is 0.0273. The van der Waals surface area contributed by atoms with Gasteiger partial charge in [-0.2, -0.15) is 13.7 Å². The Morgan fingerprint density at radius 3 is 2.76 bits per heavy atom. The number of hydrogen-bond acceptors (Lipinski definition) is 8. The number of nitrogens with zero attached hydrogens (tertiary/aromatic N) is 3. The second-order valence-electron chi connectivity index (χ2n) is 6.80. The monoisotopic (exact) mass is 416 g/mol. The summed E-state index contributed by atoms with van der Waals surface area (Å²) in [5, 5.41) is 8.92. The highest BCUT2D eigenvalue weighted by Gasteiger charge is 2.32. The Kier molecular flexibility index (Phi) is 5.70. The van der Waals surface area contributed by atoms with Crippen LogP contribution in [0.15, 0.2) is 38.8 Å². The summed E-state index contributed by atoms with van der Waals surface area (Å²) in [4.78, 5) is 26.0. The smallest absolute Gasteiger partial charge is 0.338 e. The maximum absolute atomic E-state index is 12.6. The van der Waals surface area contributed by atoms with Crippen molar-refractivity contribution in [2.45, 2.75) is 37.5 Å². The zero-order chi connectivity index (χ0) is 21.2. The molecule has 0 amide bonds. The number of rotatable bonds is 4. The third-order valence-corrected chi connectivity index (χ3v) is 6.04. The van der Waals surface area contributed by atoms with Crippen LogP contribution < -0.4 is 10.6 Å². The Labute approximate surface area is 168 Å². The number of carbonyl (C=O) groups excluding carboxylic acids is 2. The fraction of sp³-hybridized carbons (Fsp3) is 0.368. The summed E-state index contributed by atoms with van der Waals surface area (Å²) >= 11 is 0. The van der Waals surface area contributed by atoms with Crippen LogP contribution in [0.5, 0.6) is 0 Å². The van der Waals surface area contributed by atoms with Crippen molar-refractivity contribution in [3.05, 3.63) is 35.0 Å². The van der Waals surface area contributed by atoms with Crippen molar-refractivity contribution in [2.75, 3.05) is 18.1 Å². The van der Waals surface area contributed by atoms with Gasteiger partial charge in [0.05, 0.1) is 11.3 Å². The maximum atomic E-state index is 12.6. The number of ketones is 1. The maximum Gasteiger partial charge on any atom is 0.338 e. The van der Waals surface area contributed by atoms with Gasteiger partial charge in [0.2, 0.25) is 5.78 Å². The molecule has 0 atom stereocenters. The van der Waals surface area contributed by atoms with E-state index in [0.29, 0.717) is 24.5 Å². The second kappa shape index (κ2) is 8.05. The van der Waals surface area contributed by atoms with Crippen molar-refractivity contribution in [1.82, 2.24) is 0 Å². The Morgan fingerprint density at radius 1 is 1.31 bits per heavy atom. The van der Waals surface area contributed by atoms with Crippen LogP contribution in [0.1, 0.15) is 43.0 Å². The lowest BCUT2D eigenvalue weighted by Crippen LogP contribution is -2.35. The molecule has 1 fully saturated rings. The molecule has 0 aromatic heterocycles. The molecule has 2 heterocycles. The van der Waals surface area contributed by atoms with Crippen LogP contribution in [0.2, 0.25) is 0 Å². The molecular formula is C19H20N4O5S. The van der Waals surface area contributed by atoms with Crippen LogP contribution in [0.4, 0.5) is 5.69 Å². The molecule has 1 aromatic carbocycles. The molecule has 2 N–H and O–H groups in total. The number of ether oxygens (including phenoxy) is 1. The van der Waals surface area contributed by atoms with E-state index in [-0.39, 0.29) is 21.7 Å². The molecule has 10 heteroatoms. The van der Waals surface area contributed by atoms with E-state index in [0.717, 1.165) is 19.3 Å². The highest BCUT2D eigenvalue weighted by Crippen LogP contribution is 2.35. The quantitative estimate of drug-likeness (QED) is 0.443. The number of benzene rings is 1. The minimum Gasteiger partial charge on any atom is -0.454 e. The van der Waals surface area contributed by atoms with Gasteiger partial charge in [-0.3, -0.25) is 4.79 Å². The van der Waals surface area contributed by atoms with E-state index in [1.807, 2.05) is 4.90 Å². The highest BCUT2D eigenvalue weighted by atomic mass is 32.2. The summed E-state index contributed by atoms with van der Waals surface area (Å²) in [7, 11) is -3.94. The molecule has 0 saturated carbocycles. The van der Waals surface area contributed by atoms with E-state index in [1.165, 1.54) is 19.1 Å². The number of allylic oxidation sites excluding steroid dienone is 1. The Balaban J connectivity index is 1.85. The normalized spacial score (nSPS) is 18.2. The second-order valence-corrected chi connectivity index (χ2v) is 8.37. The molecule has 152 valence electrons. The first-order valence-corrected chi connectivity index (χ1v) is 10.5. The predicted octanol–water partition coefficient (Wildman–Crippen LogP) is 1.65. The standard InChI is InChI=1S/C19H20N4O5S/c1-12(21)14(10-20)16(24)11-28-19(25)13-6-7-15-17(9-13)29(26,27)22-18-5-3-2-4-8-23(15)18/h6-7,9H,2-5,8,11,21H2,1H3. The fourth-order valence-corrected chi connectivity index (χ4v) is 4.55. The van der Waals surface area contributed by atoms with Gasteiger partial charge in [0.15, 0.2) is 6.61 Å². The predicted molar refractivity (Wildman–Crippen MR) is 105 cm³/mol. The van der Waals surface area contributed by atoms with Crippen LogP contribution in [0.25, 0.3) is 0 Å². The van der Waals surface area contributed by atoms with Crippen molar-refractivity contribution >= 4 is 33.3 Å². The van der Waals surface area contributed by atoms with Gasteiger partial charge in [0.1, 0.15) is 22.4 Å². The number of sulfonamides is 1. The lowest BCUT2D eigenvalue weighted by Gasteiger charge is -2.29. The van der Waals surface area contributed by atoms with Crippen LogP contribution >= 0.6 is 0 Å². The van der Waals surface area contributed by atoms with E-state index < -0.39 is 28.4 Å². The van der Waals surface area contributed by atoms with Crippen molar-refractivity contribution < 1.29 is 22.7 Å². The molecule has 0 radical (unpaired) electrons. The van der Waals surface area contributed by atoms with E-state index in [2.05, 4.69) is 4.40 Å². The number of carbonyl (C=O) groups is 2. The SMILES string of the molecule is CC(N)=C(C#N)C(=O)COC(=O)c1ccc2c(c1)S(=O)(=O)N=C1CCCCCN12. The van der Waals surface area contributed by atoms with Crippen LogP contribution in [-0.2, 0) is 19.6 Å². The lowest BCUT2D eigenvalue weighted by atomic mass is 10.1. The first-order chi connectivity index (χ1) is 13.7. The summed E-state index contributed by atoms with van der Waals surface area (Å²) in [6.45, 7) is 1.38. The number of amidine groups is 1. The third kappa shape index (κ3) is 4.14. The van der Waals surface area contributed by atoms with Gasteiger partial charge in [0, 0.05) is 18.7 Å². The average Bonchev–Trinajstić information content (AvgIpc) is 2.91. The molecule has 3 rings (SSSR count). The largest absolute Gasteiger partial charge is 0.454 e. The topological polar surface area (TPSA) is 143 Å². The summed E-state index contributed by atoms with van der Waals surface area (Å²) in [6, 6.07) is 5.87. The number of nitriles is 1. The van der Waals surface area contributed by atoms with Crippen molar-refractivity contribution in [2.24, 2.45) is 10.1 Å². The van der Waals surface area contributed by atoms with Gasteiger partial charge in [-0.05, 0) is 38.0 Å². The van der Waals surface area contributed by atoms with Crippen LogP contribution in [-0.4, -0.2) is 39.2 Å². The molecule has 1 saturated heterocycles. The van der Waals surface area contributed by atoms with Gasteiger partial charge in [-0.1, -0.05) is 6.42 Å². The van der Waals surface area contributed by atoms with Gasteiger partial charge in [0.25, 0.3) is 10.0 Å². The van der Waals surface area contributed by atoms with E-state index in [4.69, 9.17) is 15.7 Å². The molecule has 9 nitrogen and oxygen atoms in total. The Bertz CT molecular complexity index is 1080. The molecule has 2 aliphatic rings. The third-order valence-electron chi connectivity index (χ3n) is 4.70. The summed E-state index contributed by atoms with van der Waals surface area (Å²) in [6.07, 6.45) is 3.37. The lowest BCUT2D eigenvalue weighted by molar-refractivity contribution is -0.118. The van der Waals surface area contributed by atoms with E-state index in [1.54, 1.807) is 12.1 Å². The van der Waals surface area contributed by atoms with Crippen LogP contribution in [0, 0.1) is 11.3 Å². The number of nitrogens with two attached hydrogens (primary N) is 1. The Morgan fingerprint density at radius 2 is 2.07 bits per heavy atom. The molecule has 0 bridgehead atoms. The molecule has 0 unspecified atom stereocenters. The fourth-order valence-electron chi connectivity index (χ4n) is 3.26. The minimum atomic E-state index is -3.94. The first kappa shape index (κ1) is 20.5.